The first-order valence-electron chi connectivity index (χ1n) is 5.04. The van der Waals surface area contributed by atoms with E-state index in [9.17, 15) is 5.11 Å². The first-order chi connectivity index (χ1) is 7.65. The molecule has 0 saturated carbocycles. The van der Waals surface area contributed by atoms with E-state index >= 15 is 0 Å². The molecule has 0 amide bonds. The van der Waals surface area contributed by atoms with Gasteiger partial charge in [-0.2, -0.15) is 0 Å². The molecule has 1 unspecified atom stereocenters. The Bertz CT molecular complexity index is 484. The van der Waals surface area contributed by atoms with Crippen molar-refractivity contribution in [3.05, 3.63) is 39.9 Å². The van der Waals surface area contributed by atoms with E-state index in [1.165, 1.54) is 0 Å². The average Bonchev–Trinajstić information content (AvgIpc) is 2.64. The topological polar surface area (TPSA) is 58.9 Å². The van der Waals surface area contributed by atoms with Crippen molar-refractivity contribution in [1.82, 2.24) is 15.0 Å². The molecule has 2 rings (SSSR count). The van der Waals surface area contributed by atoms with E-state index < -0.39 is 6.10 Å². The fourth-order valence-corrected chi connectivity index (χ4v) is 2.09. The number of aliphatic hydroxyl groups excluding tert-OH is 1. The van der Waals surface area contributed by atoms with Gasteiger partial charge in [0.05, 0.1) is 16.4 Å². The monoisotopic (exact) mass is 235 g/mol. The van der Waals surface area contributed by atoms with Gasteiger partial charge < -0.3 is 5.11 Å². The summed E-state index contributed by atoms with van der Waals surface area (Å²) in [4.78, 5) is 12.5. The molecule has 16 heavy (non-hydrogen) atoms. The van der Waals surface area contributed by atoms with Crippen LogP contribution < -0.4 is 0 Å². The predicted molar refractivity (Wildman–Crippen MR) is 62.3 cm³/mol. The molecular formula is C11H13N3OS. The maximum atomic E-state index is 9.98. The summed E-state index contributed by atoms with van der Waals surface area (Å²) in [6, 6.07) is 1.73. The van der Waals surface area contributed by atoms with Crippen molar-refractivity contribution in [2.45, 2.75) is 26.4 Å². The molecule has 0 aliphatic rings. The van der Waals surface area contributed by atoms with Gasteiger partial charge in [0, 0.05) is 18.0 Å². The van der Waals surface area contributed by atoms with Gasteiger partial charge in [0.2, 0.25) is 0 Å². The van der Waals surface area contributed by atoms with Crippen LogP contribution >= 0.6 is 11.3 Å². The van der Waals surface area contributed by atoms with Gasteiger partial charge in [-0.15, -0.1) is 11.3 Å². The number of nitrogens with zero attached hydrogens (tertiary/aromatic N) is 3. The summed E-state index contributed by atoms with van der Waals surface area (Å²) in [7, 11) is 0. The molecule has 2 heterocycles. The van der Waals surface area contributed by atoms with Crippen molar-refractivity contribution in [1.29, 1.82) is 0 Å². The minimum absolute atomic E-state index is 0.501. The first kappa shape index (κ1) is 11.2. The molecule has 0 spiro atoms. The van der Waals surface area contributed by atoms with Crippen LogP contribution in [-0.4, -0.2) is 20.1 Å². The van der Waals surface area contributed by atoms with Crippen molar-refractivity contribution in [2.75, 3.05) is 0 Å². The van der Waals surface area contributed by atoms with Crippen LogP contribution in [0.4, 0.5) is 0 Å². The molecule has 0 aromatic carbocycles. The summed E-state index contributed by atoms with van der Waals surface area (Å²) in [5.41, 5.74) is 1.56. The molecule has 5 heteroatoms. The highest BCUT2D eigenvalue weighted by molar-refractivity contribution is 7.09. The van der Waals surface area contributed by atoms with E-state index in [1.807, 2.05) is 19.2 Å². The molecule has 2 aromatic heterocycles. The van der Waals surface area contributed by atoms with E-state index in [2.05, 4.69) is 15.0 Å². The number of hydrogen-bond acceptors (Lipinski definition) is 5. The molecule has 0 bridgehead atoms. The normalized spacial score (nSPS) is 12.7. The number of aliphatic hydroxyl groups is 1. The molecule has 0 saturated heterocycles. The Morgan fingerprint density at radius 2 is 2.19 bits per heavy atom. The molecule has 0 fully saturated rings. The summed E-state index contributed by atoms with van der Waals surface area (Å²) >= 11 is 1.59. The Hall–Kier alpha value is -1.33. The molecule has 84 valence electrons. The van der Waals surface area contributed by atoms with Crippen molar-refractivity contribution < 1.29 is 5.11 Å². The van der Waals surface area contributed by atoms with Gasteiger partial charge in [0.25, 0.3) is 0 Å². The van der Waals surface area contributed by atoms with Gasteiger partial charge in [0.15, 0.2) is 0 Å². The number of aryl methyl sites for hydroxylation is 2. The standard InChI is InChI=1S/C11H13N3OS/c1-7-12-4-3-10(13-7)11(15)5-9-6-16-8(2)14-9/h3-4,6,11,15H,5H2,1-2H3. The lowest BCUT2D eigenvalue weighted by Crippen LogP contribution is -2.06. The Labute approximate surface area is 98.0 Å². The van der Waals surface area contributed by atoms with Crippen LogP contribution in [0, 0.1) is 13.8 Å². The quantitative estimate of drug-likeness (QED) is 0.881. The van der Waals surface area contributed by atoms with Gasteiger partial charge in [-0.1, -0.05) is 0 Å². The van der Waals surface area contributed by atoms with Gasteiger partial charge in [-0.25, -0.2) is 15.0 Å². The highest BCUT2D eigenvalue weighted by Gasteiger charge is 2.12. The molecular weight excluding hydrogens is 222 g/mol. The van der Waals surface area contributed by atoms with Crippen LogP contribution in [0.25, 0.3) is 0 Å². The summed E-state index contributed by atoms with van der Waals surface area (Å²) in [5, 5.41) is 13.0. The van der Waals surface area contributed by atoms with E-state index in [4.69, 9.17) is 0 Å². The number of aromatic nitrogens is 3. The third-order valence-electron chi connectivity index (χ3n) is 2.21. The van der Waals surface area contributed by atoms with E-state index in [0.29, 0.717) is 17.9 Å². The number of hydrogen-bond donors (Lipinski definition) is 1. The Kier molecular flexibility index (Phi) is 3.26. The van der Waals surface area contributed by atoms with E-state index in [0.717, 1.165) is 10.7 Å². The zero-order valence-corrected chi connectivity index (χ0v) is 10.0. The number of rotatable bonds is 3. The van der Waals surface area contributed by atoms with Gasteiger partial charge in [-0.3, -0.25) is 0 Å². The highest BCUT2D eigenvalue weighted by Crippen LogP contribution is 2.17. The molecule has 0 aliphatic heterocycles. The van der Waals surface area contributed by atoms with Crippen LogP contribution in [0.3, 0.4) is 0 Å². The fraction of sp³-hybridized carbons (Fsp3) is 0.364. The average molecular weight is 235 g/mol. The van der Waals surface area contributed by atoms with Crippen molar-refractivity contribution in [2.24, 2.45) is 0 Å². The van der Waals surface area contributed by atoms with E-state index in [-0.39, 0.29) is 0 Å². The molecule has 0 radical (unpaired) electrons. The molecule has 4 nitrogen and oxygen atoms in total. The Morgan fingerprint density at radius 3 is 2.81 bits per heavy atom. The molecule has 1 atom stereocenters. The van der Waals surface area contributed by atoms with Crippen LogP contribution in [0.2, 0.25) is 0 Å². The largest absolute Gasteiger partial charge is 0.386 e. The smallest absolute Gasteiger partial charge is 0.125 e. The van der Waals surface area contributed by atoms with Crippen LogP contribution in [0.15, 0.2) is 17.6 Å². The molecule has 2 aromatic rings. The minimum Gasteiger partial charge on any atom is -0.386 e. The van der Waals surface area contributed by atoms with Crippen molar-refractivity contribution in [3.8, 4) is 0 Å². The lowest BCUT2D eigenvalue weighted by molar-refractivity contribution is 0.172. The zero-order valence-electron chi connectivity index (χ0n) is 9.21. The second kappa shape index (κ2) is 4.67. The fourth-order valence-electron chi connectivity index (χ4n) is 1.46. The summed E-state index contributed by atoms with van der Waals surface area (Å²) in [5.74, 6) is 0.672. The lowest BCUT2D eigenvalue weighted by atomic mass is 10.1. The predicted octanol–water partition coefficient (Wildman–Crippen LogP) is 1.83. The summed E-state index contributed by atoms with van der Waals surface area (Å²) < 4.78 is 0. The zero-order chi connectivity index (χ0) is 11.5. The Morgan fingerprint density at radius 1 is 1.38 bits per heavy atom. The number of thiazole rings is 1. The van der Waals surface area contributed by atoms with Crippen LogP contribution in [0.1, 0.15) is 28.3 Å². The van der Waals surface area contributed by atoms with Gasteiger partial charge in [0.1, 0.15) is 11.9 Å². The van der Waals surface area contributed by atoms with Gasteiger partial charge >= 0.3 is 0 Å². The minimum atomic E-state index is -0.608. The molecule has 0 aliphatic carbocycles. The third kappa shape index (κ3) is 2.62. The summed E-state index contributed by atoms with van der Waals surface area (Å²) in [6.07, 6.45) is 1.55. The maximum Gasteiger partial charge on any atom is 0.125 e. The maximum absolute atomic E-state index is 9.98. The van der Waals surface area contributed by atoms with E-state index in [1.54, 1.807) is 23.6 Å². The SMILES string of the molecule is Cc1nccc(C(O)Cc2csc(C)n2)n1. The summed E-state index contributed by atoms with van der Waals surface area (Å²) in [6.45, 7) is 3.76. The van der Waals surface area contributed by atoms with Crippen LogP contribution in [0.5, 0.6) is 0 Å². The second-order valence-electron chi connectivity index (χ2n) is 3.61. The van der Waals surface area contributed by atoms with Crippen molar-refractivity contribution >= 4 is 11.3 Å². The highest BCUT2D eigenvalue weighted by atomic mass is 32.1. The van der Waals surface area contributed by atoms with Gasteiger partial charge in [-0.05, 0) is 19.9 Å². The Balaban J connectivity index is 2.11. The lowest BCUT2D eigenvalue weighted by Gasteiger charge is -2.08. The van der Waals surface area contributed by atoms with Crippen molar-refractivity contribution in [3.63, 3.8) is 0 Å². The molecule has 1 N–H and O–H groups in total. The van der Waals surface area contributed by atoms with Crippen LogP contribution in [-0.2, 0) is 6.42 Å². The third-order valence-corrected chi connectivity index (χ3v) is 3.03. The first-order valence-corrected chi connectivity index (χ1v) is 5.92. The second-order valence-corrected chi connectivity index (χ2v) is 4.67.